The number of hydrogen-bond acceptors (Lipinski definition) is 2. The first kappa shape index (κ1) is 19.7. The molecule has 0 saturated carbocycles. The molecule has 6 heteroatoms. The normalized spacial score (nSPS) is 21.1. The van der Waals surface area contributed by atoms with Gasteiger partial charge in [0.15, 0.2) is 0 Å². The molecule has 3 N–H and O–H groups in total. The van der Waals surface area contributed by atoms with Gasteiger partial charge in [0.05, 0.1) is 25.7 Å². The molecule has 2 saturated heterocycles. The minimum absolute atomic E-state index is 0.0638. The average Bonchev–Trinajstić information content (AvgIpc) is 2.84. The van der Waals surface area contributed by atoms with Gasteiger partial charge in [-0.25, -0.2) is 4.79 Å². The molecule has 2 heterocycles. The van der Waals surface area contributed by atoms with Crippen LogP contribution in [0.3, 0.4) is 0 Å². The number of anilines is 1. The maximum absolute atomic E-state index is 12.3. The van der Waals surface area contributed by atoms with Crippen LogP contribution in [-0.4, -0.2) is 50.7 Å². The van der Waals surface area contributed by atoms with Crippen molar-refractivity contribution in [3.05, 3.63) is 29.8 Å². The molecule has 148 valence electrons. The minimum Gasteiger partial charge on any atom is -0.338 e. The van der Waals surface area contributed by atoms with E-state index in [4.69, 9.17) is 0 Å². The number of benzene rings is 1. The third kappa shape index (κ3) is 5.96. The summed E-state index contributed by atoms with van der Waals surface area (Å²) in [5.74, 6) is 0.0638. The summed E-state index contributed by atoms with van der Waals surface area (Å²) in [6, 6.07) is 7.63. The van der Waals surface area contributed by atoms with Crippen LogP contribution in [0.15, 0.2) is 24.3 Å². The van der Waals surface area contributed by atoms with Crippen molar-refractivity contribution >= 4 is 17.6 Å². The van der Waals surface area contributed by atoms with Gasteiger partial charge in [0, 0.05) is 31.6 Å². The summed E-state index contributed by atoms with van der Waals surface area (Å²) in [7, 11) is 0. The summed E-state index contributed by atoms with van der Waals surface area (Å²) in [6.45, 7) is 6.92. The van der Waals surface area contributed by atoms with E-state index in [9.17, 15) is 9.59 Å². The number of nitrogens with one attached hydrogen (secondary N) is 3. The van der Waals surface area contributed by atoms with Crippen LogP contribution in [0, 0.1) is 6.92 Å². The predicted octanol–water partition coefficient (Wildman–Crippen LogP) is 1.25. The Kier molecular flexibility index (Phi) is 7.10. The summed E-state index contributed by atoms with van der Waals surface area (Å²) < 4.78 is 0. The summed E-state index contributed by atoms with van der Waals surface area (Å²) in [4.78, 5) is 27.8. The second-order valence-electron chi connectivity index (χ2n) is 7.91. The van der Waals surface area contributed by atoms with E-state index in [2.05, 4.69) is 10.6 Å². The monoisotopic (exact) mass is 373 g/mol. The second kappa shape index (κ2) is 9.74. The van der Waals surface area contributed by atoms with Gasteiger partial charge in [-0.1, -0.05) is 17.7 Å². The molecule has 0 unspecified atom stereocenters. The van der Waals surface area contributed by atoms with Crippen molar-refractivity contribution < 1.29 is 14.5 Å². The van der Waals surface area contributed by atoms with Crippen molar-refractivity contribution in [2.24, 2.45) is 0 Å². The SMILES string of the molecule is Cc1ccc(N2C[C@H](NC(=O)NCCC[NH+]3CCCCCC3)CC2=O)cc1. The molecule has 6 nitrogen and oxygen atoms in total. The largest absolute Gasteiger partial charge is 0.338 e. The van der Waals surface area contributed by atoms with Crippen molar-refractivity contribution in [2.45, 2.75) is 51.5 Å². The molecule has 0 aromatic heterocycles. The van der Waals surface area contributed by atoms with E-state index >= 15 is 0 Å². The quantitative estimate of drug-likeness (QED) is 0.657. The van der Waals surface area contributed by atoms with Crippen LogP contribution in [0.2, 0.25) is 0 Å². The van der Waals surface area contributed by atoms with E-state index < -0.39 is 0 Å². The first-order valence-corrected chi connectivity index (χ1v) is 10.4. The predicted molar refractivity (Wildman–Crippen MR) is 107 cm³/mol. The number of carbonyl (C=O) groups excluding carboxylic acids is 2. The zero-order valence-corrected chi connectivity index (χ0v) is 16.4. The lowest BCUT2D eigenvalue weighted by atomic mass is 10.2. The number of nitrogens with zero attached hydrogens (tertiary/aromatic N) is 1. The molecule has 0 bridgehead atoms. The summed E-state index contributed by atoms with van der Waals surface area (Å²) >= 11 is 0. The molecule has 0 aliphatic carbocycles. The third-order valence-electron chi connectivity index (χ3n) is 5.61. The molecule has 1 aromatic rings. The molecule has 3 amide bonds. The highest BCUT2D eigenvalue weighted by atomic mass is 16.2. The molecular formula is C21H33N4O2+. The molecule has 2 aliphatic rings. The summed E-state index contributed by atoms with van der Waals surface area (Å²) in [6.07, 6.45) is 6.75. The maximum Gasteiger partial charge on any atom is 0.315 e. The van der Waals surface area contributed by atoms with Crippen LogP contribution < -0.4 is 20.4 Å². The van der Waals surface area contributed by atoms with E-state index in [0.717, 1.165) is 18.7 Å². The lowest BCUT2D eigenvalue weighted by Crippen LogP contribution is -3.11. The Balaban J connectivity index is 1.35. The van der Waals surface area contributed by atoms with E-state index in [-0.39, 0.29) is 18.0 Å². The molecular weight excluding hydrogens is 340 g/mol. The van der Waals surface area contributed by atoms with Gasteiger partial charge >= 0.3 is 6.03 Å². The van der Waals surface area contributed by atoms with Crippen LogP contribution in [0.4, 0.5) is 10.5 Å². The Morgan fingerprint density at radius 1 is 1.15 bits per heavy atom. The van der Waals surface area contributed by atoms with Crippen molar-refractivity contribution in [2.75, 3.05) is 37.6 Å². The molecule has 1 aromatic carbocycles. The fraction of sp³-hybridized carbons (Fsp3) is 0.619. The highest BCUT2D eigenvalue weighted by Gasteiger charge is 2.31. The number of aryl methyl sites for hydroxylation is 1. The van der Waals surface area contributed by atoms with Gasteiger partial charge in [0.1, 0.15) is 0 Å². The number of hydrogen-bond donors (Lipinski definition) is 3. The minimum atomic E-state index is -0.163. The van der Waals surface area contributed by atoms with Crippen molar-refractivity contribution in [1.29, 1.82) is 0 Å². The Morgan fingerprint density at radius 2 is 1.85 bits per heavy atom. The van der Waals surface area contributed by atoms with Crippen LogP contribution in [0.5, 0.6) is 0 Å². The van der Waals surface area contributed by atoms with Gasteiger partial charge in [-0.15, -0.1) is 0 Å². The van der Waals surface area contributed by atoms with Gasteiger partial charge in [0.2, 0.25) is 5.91 Å². The molecule has 1 atom stereocenters. The summed E-state index contributed by atoms with van der Waals surface area (Å²) in [5, 5.41) is 5.90. The van der Waals surface area contributed by atoms with E-state index in [1.807, 2.05) is 31.2 Å². The zero-order valence-electron chi connectivity index (χ0n) is 16.4. The Labute approximate surface area is 162 Å². The van der Waals surface area contributed by atoms with Crippen LogP contribution in [0.25, 0.3) is 0 Å². The highest BCUT2D eigenvalue weighted by Crippen LogP contribution is 2.21. The van der Waals surface area contributed by atoms with E-state index in [0.29, 0.717) is 19.5 Å². The standard InChI is InChI=1S/C21H32N4O2/c1-17-7-9-19(10-8-17)25-16-18(15-20(25)26)23-21(27)22-11-6-14-24-12-4-2-3-5-13-24/h7-10,18H,2-6,11-16H2,1H3,(H2,22,23,27)/p+1/t18-/m1/s1. The van der Waals surface area contributed by atoms with Crippen molar-refractivity contribution in [3.8, 4) is 0 Å². The van der Waals surface area contributed by atoms with Crippen LogP contribution in [0.1, 0.15) is 44.1 Å². The van der Waals surface area contributed by atoms with Crippen LogP contribution >= 0.6 is 0 Å². The zero-order chi connectivity index (χ0) is 19.1. The van der Waals surface area contributed by atoms with Gasteiger partial charge in [-0.2, -0.15) is 0 Å². The lowest BCUT2D eigenvalue weighted by Gasteiger charge is -2.18. The molecule has 27 heavy (non-hydrogen) atoms. The molecule has 2 fully saturated rings. The third-order valence-corrected chi connectivity index (χ3v) is 5.61. The second-order valence-corrected chi connectivity index (χ2v) is 7.91. The topological polar surface area (TPSA) is 65.9 Å². The Morgan fingerprint density at radius 3 is 2.56 bits per heavy atom. The number of likely N-dealkylation sites (tertiary alicyclic amines) is 1. The molecule has 3 rings (SSSR count). The fourth-order valence-electron chi connectivity index (χ4n) is 4.03. The first-order valence-electron chi connectivity index (χ1n) is 10.4. The van der Waals surface area contributed by atoms with Crippen molar-refractivity contribution in [1.82, 2.24) is 10.6 Å². The maximum atomic E-state index is 12.3. The van der Waals surface area contributed by atoms with Crippen LogP contribution in [-0.2, 0) is 4.79 Å². The van der Waals surface area contributed by atoms with Gasteiger partial charge in [-0.3, -0.25) is 4.79 Å². The number of quaternary nitrogens is 1. The van der Waals surface area contributed by atoms with E-state index in [1.54, 1.807) is 9.80 Å². The van der Waals surface area contributed by atoms with Crippen molar-refractivity contribution in [3.63, 3.8) is 0 Å². The average molecular weight is 374 g/mol. The number of amides is 3. The smallest absolute Gasteiger partial charge is 0.315 e. The van der Waals surface area contributed by atoms with Gasteiger partial charge in [0.25, 0.3) is 0 Å². The van der Waals surface area contributed by atoms with Gasteiger partial charge in [-0.05, 0) is 44.7 Å². The summed E-state index contributed by atoms with van der Waals surface area (Å²) in [5.41, 5.74) is 2.07. The van der Waals surface area contributed by atoms with E-state index in [1.165, 1.54) is 44.3 Å². The lowest BCUT2D eigenvalue weighted by molar-refractivity contribution is -0.899. The number of rotatable bonds is 6. The Bertz CT molecular complexity index is 624. The molecule has 2 aliphatic heterocycles. The van der Waals surface area contributed by atoms with Gasteiger partial charge < -0.3 is 20.4 Å². The Hall–Kier alpha value is -2.08. The number of carbonyl (C=O) groups is 2. The fourth-order valence-corrected chi connectivity index (χ4v) is 4.03. The highest BCUT2D eigenvalue weighted by molar-refractivity contribution is 5.96. The first-order chi connectivity index (χ1) is 13.1. The molecule has 0 spiro atoms. The number of urea groups is 1. The molecule has 0 radical (unpaired) electrons.